The van der Waals surface area contributed by atoms with Crippen LogP contribution in [0.1, 0.15) is 28.4 Å². The molecule has 30 heavy (non-hydrogen) atoms. The first-order valence-corrected chi connectivity index (χ1v) is 11.1. The third kappa shape index (κ3) is 3.57. The van der Waals surface area contributed by atoms with E-state index < -0.39 is 26.6 Å². The van der Waals surface area contributed by atoms with Crippen molar-refractivity contribution in [2.75, 3.05) is 16.2 Å². The number of nitrogens with one attached hydrogen (secondary N) is 1. The summed E-state index contributed by atoms with van der Waals surface area (Å²) in [6.07, 6.45) is 1.29. The largest absolute Gasteiger partial charge is 0.322 e. The summed E-state index contributed by atoms with van der Waals surface area (Å²) in [5.74, 6) is -1.38. The Hall–Kier alpha value is -3.19. The van der Waals surface area contributed by atoms with Crippen LogP contribution in [0, 0.1) is 5.82 Å². The number of rotatable bonds is 5. The van der Waals surface area contributed by atoms with E-state index in [0.717, 1.165) is 29.7 Å². The molecular weight excluding hydrogens is 403 g/mol. The highest BCUT2D eigenvalue weighted by Gasteiger charge is 2.33. The Morgan fingerprint density at radius 3 is 2.60 bits per heavy atom. The second kappa shape index (κ2) is 7.91. The molecule has 1 aliphatic heterocycles. The van der Waals surface area contributed by atoms with Crippen molar-refractivity contribution in [1.29, 1.82) is 0 Å². The molecule has 1 N–H and O–H groups in total. The van der Waals surface area contributed by atoms with Crippen molar-refractivity contribution in [2.45, 2.75) is 24.7 Å². The van der Waals surface area contributed by atoms with Crippen LogP contribution in [0.5, 0.6) is 0 Å². The van der Waals surface area contributed by atoms with Gasteiger partial charge in [-0.25, -0.2) is 12.8 Å². The fourth-order valence-corrected chi connectivity index (χ4v) is 5.26. The third-order valence-corrected chi connectivity index (χ3v) is 7.08. The first-order valence-electron chi connectivity index (χ1n) is 9.71. The molecule has 1 amide bonds. The van der Waals surface area contributed by atoms with Crippen molar-refractivity contribution in [1.82, 2.24) is 0 Å². The number of sulfonamides is 1. The zero-order valence-electron chi connectivity index (χ0n) is 16.4. The molecule has 0 radical (unpaired) electrons. The molecular formula is C23H21FN2O3S. The molecule has 4 rings (SSSR count). The van der Waals surface area contributed by atoms with Crippen LogP contribution in [0.2, 0.25) is 0 Å². The van der Waals surface area contributed by atoms with Gasteiger partial charge in [0.2, 0.25) is 0 Å². The van der Waals surface area contributed by atoms with Crippen LogP contribution < -0.4 is 9.62 Å². The number of amides is 1. The van der Waals surface area contributed by atoms with Crippen LogP contribution in [-0.4, -0.2) is 20.9 Å². The molecule has 0 unspecified atom stereocenters. The zero-order valence-corrected chi connectivity index (χ0v) is 17.2. The van der Waals surface area contributed by atoms with Crippen LogP contribution >= 0.6 is 0 Å². The molecule has 3 aromatic rings. The minimum atomic E-state index is -4.15. The molecule has 0 aliphatic carbocycles. The van der Waals surface area contributed by atoms with Gasteiger partial charge >= 0.3 is 0 Å². The van der Waals surface area contributed by atoms with E-state index >= 15 is 0 Å². The van der Waals surface area contributed by atoms with Gasteiger partial charge in [0.1, 0.15) is 10.7 Å². The fourth-order valence-electron chi connectivity index (χ4n) is 3.66. The normalized spacial score (nSPS) is 13.2. The van der Waals surface area contributed by atoms with Crippen molar-refractivity contribution in [3.05, 3.63) is 89.2 Å². The Kier molecular flexibility index (Phi) is 5.30. The summed E-state index contributed by atoms with van der Waals surface area (Å²) in [5.41, 5.74) is 3.12. The van der Waals surface area contributed by atoms with Crippen molar-refractivity contribution in [3.8, 4) is 0 Å². The van der Waals surface area contributed by atoms with Gasteiger partial charge in [0, 0.05) is 17.8 Å². The van der Waals surface area contributed by atoms with E-state index in [2.05, 4.69) is 5.32 Å². The number of fused-ring (bicyclic) bond motifs is 1. The number of anilines is 2. The van der Waals surface area contributed by atoms with E-state index in [1.807, 2.05) is 31.2 Å². The Balaban J connectivity index is 1.68. The summed E-state index contributed by atoms with van der Waals surface area (Å²) in [5, 5.41) is 2.79. The van der Waals surface area contributed by atoms with Gasteiger partial charge in [0.15, 0.2) is 0 Å². The van der Waals surface area contributed by atoms with Gasteiger partial charge in [-0.1, -0.05) is 43.3 Å². The van der Waals surface area contributed by atoms with Crippen LogP contribution in [0.25, 0.3) is 0 Å². The molecule has 1 aliphatic rings. The fraction of sp³-hybridized carbons (Fsp3) is 0.174. The predicted octanol–water partition coefficient (Wildman–Crippen LogP) is 4.39. The summed E-state index contributed by atoms with van der Waals surface area (Å²) < 4.78 is 42.2. The van der Waals surface area contributed by atoms with E-state index in [-0.39, 0.29) is 12.1 Å². The number of nitrogens with zero attached hydrogens (tertiary/aromatic N) is 1. The zero-order chi connectivity index (χ0) is 21.3. The van der Waals surface area contributed by atoms with Crippen LogP contribution in [0.3, 0.4) is 0 Å². The standard InChI is InChI=1S/C23H21FN2O3S/c1-2-16-7-3-5-9-20(16)25-23(27)18-11-12-19(24)22(15-18)30(28,29)26-14-13-17-8-4-6-10-21(17)26/h3-12,15H,2,13-14H2,1H3,(H,25,27). The highest BCUT2D eigenvalue weighted by molar-refractivity contribution is 7.92. The Morgan fingerprint density at radius 2 is 1.80 bits per heavy atom. The molecule has 0 fully saturated rings. The monoisotopic (exact) mass is 424 g/mol. The van der Waals surface area contributed by atoms with Gasteiger partial charge in [-0.3, -0.25) is 9.10 Å². The SMILES string of the molecule is CCc1ccccc1NC(=O)c1ccc(F)c(S(=O)(=O)N2CCc3ccccc32)c1. The van der Waals surface area contributed by atoms with Gasteiger partial charge in [0.25, 0.3) is 15.9 Å². The number of carbonyl (C=O) groups is 1. The highest BCUT2D eigenvalue weighted by Crippen LogP contribution is 2.33. The van der Waals surface area contributed by atoms with E-state index in [0.29, 0.717) is 17.8 Å². The van der Waals surface area contributed by atoms with E-state index in [9.17, 15) is 17.6 Å². The van der Waals surface area contributed by atoms with E-state index in [4.69, 9.17) is 0 Å². The van der Waals surface area contributed by atoms with Crippen LogP contribution in [0.15, 0.2) is 71.6 Å². The van der Waals surface area contributed by atoms with Crippen LogP contribution in [-0.2, 0) is 22.9 Å². The Bertz CT molecular complexity index is 1220. The summed E-state index contributed by atoms with van der Waals surface area (Å²) in [4.78, 5) is 12.2. The maximum atomic E-state index is 14.6. The minimum Gasteiger partial charge on any atom is -0.322 e. The number of hydrogen-bond acceptors (Lipinski definition) is 3. The predicted molar refractivity (Wildman–Crippen MR) is 115 cm³/mol. The van der Waals surface area contributed by atoms with Gasteiger partial charge in [0.05, 0.1) is 5.69 Å². The van der Waals surface area contributed by atoms with Crippen LogP contribution in [0.4, 0.5) is 15.8 Å². The minimum absolute atomic E-state index is 0.0772. The van der Waals surface area contributed by atoms with Crippen molar-refractivity contribution in [3.63, 3.8) is 0 Å². The van der Waals surface area contributed by atoms with Crippen molar-refractivity contribution >= 4 is 27.3 Å². The van der Waals surface area contributed by atoms with Crippen molar-refractivity contribution < 1.29 is 17.6 Å². The number of aryl methyl sites for hydroxylation is 1. The topological polar surface area (TPSA) is 66.5 Å². The average molecular weight is 424 g/mol. The quantitative estimate of drug-likeness (QED) is 0.661. The maximum Gasteiger partial charge on any atom is 0.267 e. The average Bonchev–Trinajstić information content (AvgIpc) is 3.19. The number of halogens is 1. The molecule has 0 bridgehead atoms. The summed E-state index contributed by atoms with van der Waals surface area (Å²) >= 11 is 0. The molecule has 1 heterocycles. The second-order valence-electron chi connectivity index (χ2n) is 7.07. The van der Waals surface area contributed by atoms with E-state index in [1.54, 1.807) is 24.3 Å². The number of para-hydroxylation sites is 2. The molecule has 0 atom stereocenters. The number of carbonyl (C=O) groups excluding carboxylic acids is 1. The highest BCUT2D eigenvalue weighted by atomic mass is 32.2. The maximum absolute atomic E-state index is 14.6. The Labute approximate surface area is 175 Å². The van der Waals surface area contributed by atoms with Gasteiger partial charge in [-0.2, -0.15) is 0 Å². The summed E-state index contributed by atoms with van der Waals surface area (Å²) in [6.45, 7) is 2.21. The summed E-state index contributed by atoms with van der Waals surface area (Å²) in [7, 11) is -4.15. The van der Waals surface area contributed by atoms with Gasteiger partial charge in [-0.15, -0.1) is 0 Å². The lowest BCUT2D eigenvalue weighted by Gasteiger charge is -2.20. The van der Waals surface area contributed by atoms with E-state index in [1.165, 1.54) is 10.4 Å². The molecule has 154 valence electrons. The van der Waals surface area contributed by atoms with Crippen molar-refractivity contribution in [2.24, 2.45) is 0 Å². The third-order valence-electron chi connectivity index (χ3n) is 5.25. The Morgan fingerprint density at radius 1 is 1.07 bits per heavy atom. The molecule has 0 saturated heterocycles. The smallest absolute Gasteiger partial charge is 0.267 e. The molecule has 3 aromatic carbocycles. The molecule has 0 saturated carbocycles. The lowest BCUT2D eigenvalue weighted by Crippen LogP contribution is -2.30. The number of benzene rings is 3. The lowest BCUT2D eigenvalue weighted by molar-refractivity contribution is 0.102. The molecule has 0 spiro atoms. The molecule has 5 nitrogen and oxygen atoms in total. The lowest BCUT2D eigenvalue weighted by atomic mass is 10.1. The first-order chi connectivity index (χ1) is 14.4. The number of hydrogen-bond donors (Lipinski definition) is 1. The molecule has 7 heteroatoms. The first kappa shape index (κ1) is 20.1. The van der Waals surface area contributed by atoms with Gasteiger partial charge in [-0.05, 0) is 54.3 Å². The van der Waals surface area contributed by atoms with Gasteiger partial charge < -0.3 is 5.32 Å². The second-order valence-corrected chi connectivity index (χ2v) is 8.90. The molecule has 0 aromatic heterocycles. The summed E-state index contributed by atoms with van der Waals surface area (Å²) in [6, 6.07) is 17.9.